The number of amides is 1. The van der Waals surface area contributed by atoms with Crippen LogP contribution in [0.2, 0.25) is 0 Å². The number of halogens is 1. The van der Waals surface area contributed by atoms with Crippen LogP contribution in [-0.4, -0.2) is 18.7 Å². The van der Waals surface area contributed by atoms with Crippen LogP contribution < -0.4 is 25.3 Å². The van der Waals surface area contributed by atoms with Crippen LogP contribution in [0.4, 0.5) is 5.69 Å². The molecule has 0 spiro atoms. The number of nitrogens with one attached hydrogen (secondary N) is 1. The number of carbonyl (C=O) groups excluding carboxylic acids is 1. The molecule has 134 valence electrons. The monoisotopic (exact) mass is 364 g/mol. The number of hydrogen-bond donors (Lipinski definition) is 2. The minimum Gasteiger partial charge on any atom is -0.489 e. The molecule has 1 unspecified atom stereocenters. The first-order chi connectivity index (χ1) is 11.6. The predicted molar refractivity (Wildman–Crippen MR) is 97.5 cm³/mol. The molecule has 2 aromatic carbocycles. The molecule has 25 heavy (non-hydrogen) atoms. The van der Waals surface area contributed by atoms with Gasteiger partial charge in [0.25, 0.3) is 0 Å². The predicted octanol–water partition coefficient (Wildman–Crippen LogP) is 3.09. The lowest BCUT2D eigenvalue weighted by Crippen LogP contribution is -2.24. The summed E-state index contributed by atoms with van der Waals surface area (Å²) in [7, 11) is 0. The van der Waals surface area contributed by atoms with Crippen molar-refractivity contribution in [3.63, 3.8) is 0 Å². The molecule has 6 nitrogen and oxygen atoms in total. The van der Waals surface area contributed by atoms with Gasteiger partial charge in [0.05, 0.1) is 0 Å². The van der Waals surface area contributed by atoms with E-state index in [9.17, 15) is 4.79 Å². The van der Waals surface area contributed by atoms with Gasteiger partial charge in [-0.1, -0.05) is 12.1 Å². The smallest absolute Gasteiger partial charge is 0.231 e. The Kier molecular flexibility index (Phi) is 6.50. The Hall–Kier alpha value is -2.44. The molecule has 0 saturated heterocycles. The number of ether oxygens (including phenoxy) is 3. The van der Waals surface area contributed by atoms with Gasteiger partial charge in [-0.3, -0.25) is 4.79 Å². The molecule has 7 heteroatoms. The van der Waals surface area contributed by atoms with Crippen molar-refractivity contribution in [2.75, 3.05) is 12.1 Å². The van der Waals surface area contributed by atoms with E-state index in [1.54, 1.807) is 13.0 Å². The van der Waals surface area contributed by atoms with Crippen LogP contribution in [-0.2, 0) is 11.4 Å². The first kappa shape index (κ1) is 18.9. The van der Waals surface area contributed by atoms with Crippen LogP contribution in [0.15, 0.2) is 42.5 Å². The fourth-order valence-electron chi connectivity index (χ4n) is 2.38. The fourth-order valence-corrected chi connectivity index (χ4v) is 2.38. The molecule has 0 aliphatic carbocycles. The highest BCUT2D eigenvalue weighted by Gasteiger charge is 2.13. The zero-order valence-corrected chi connectivity index (χ0v) is 14.7. The van der Waals surface area contributed by atoms with E-state index in [-0.39, 0.29) is 37.6 Å². The summed E-state index contributed by atoms with van der Waals surface area (Å²) >= 11 is 0. The number of nitrogens with two attached hydrogens (primary N) is 1. The number of benzene rings is 2. The number of hydrogen-bond acceptors (Lipinski definition) is 5. The van der Waals surface area contributed by atoms with Crippen molar-refractivity contribution in [2.24, 2.45) is 5.73 Å². The maximum Gasteiger partial charge on any atom is 0.231 e. The summed E-state index contributed by atoms with van der Waals surface area (Å²) in [6.07, 6.45) is 0.290. The van der Waals surface area contributed by atoms with Crippen molar-refractivity contribution in [2.45, 2.75) is 26.0 Å². The highest BCUT2D eigenvalue weighted by molar-refractivity contribution is 5.91. The summed E-state index contributed by atoms with van der Waals surface area (Å²) in [6, 6.07) is 12.8. The van der Waals surface area contributed by atoms with Crippen molar-refractivity contribution in [3.05, 3.63) is 48.0 Å². The van der Waals surface area contributed by atoms with E-state index in [1.807, 2.05) is 36.4 Å². The Bertz CT molecular complexity index is 737. The van der Waals surface area contributed by atoms with Crippen LogP contribution in [0.25, 0.3) is 0 Å². The van der Waals surface area contributed by atoms with Gasteiger partial charge in [-0.05, 0) is 36.8 Å². The maximum absolute atomic E-state index is 11.8. The molecule has 1 atom stereocenters. The fraction of sp³-hybridized carbons (Fsp3) is 0.278. The Morgan fingerprint density at radius 3 is 2.84 bits per heavy atom. The Morgan fingerprint density at radius 2 is 2.04 bits per heavy atom. The van der Waals surface area contributed by atoms with Gasteiger partial charge in [0.1, 0.15) is 12.4 Å². The van der Waals surface area contributed by atoms with Crippen molar-refractivity contribution in [1.82, 2.24) is 0 Å². The molecule has 1 amide bonds. The zero-order valence-electron chi connectivity index (χ0n) is 13.9. The van der Waals surface area contributed by atoms with Crippen LogP contribution >= 0.6 is 12.4 Å². The summed E-state index contributed by atoms with van der Waals surface area (Å²) in [5, 5.41) is 2.83. The first-order valence-corrected chi connectivity index (χ1v) is 7.77. The van der Waals surface area contributed by atoms with Gasteiger partial charge in [0.15, 0.2) is 11.5 Å². The first-order valence-electron chi connectivity index (χ1n) is 7.77. The summed E-state index contributed by atoms with van der Waals surface area (Å²) in [5.41, 5.74) is 7.31. The number of fused-ring (bicyclic) bond motifs is 1. The minimum absolute atomic E-state index is 0. The van der Waals surface area contributed by atoms with E-state index >= 15 is 0 Å². The molecule has 0 aromatic heterocycles. The number of anilines is 1. The zero-order chi connectivity index (χ0) is 16.9. The van der Waals surface area contributed by atoms with E-state index in [1.165, 1.54) is 0 Å². The normalized spacial score (nSPS) is 12.9. The molecule has 3 rings (SSSR count). The summed E-state index contributed by atoms with van der Waals surface area (Å²) in [6.45, 7) is 2.42. The Balaban J connectivity index is 0.00000225. The molecule has 1 aliphatic rings. The van der Waals surface area contributed by atoms with Gasteiger partial charge in [-0.15, -0.1) is 12.4 Å². The third kappa shape index (κ3) is 5.27. The van der Waals surface area contributed by atoms with Gasteiger partial charge >= 0.3 is 0 Å². The Labute approximate surface area is 152 Å². The lowest BCUT2D eigenvalue weighted by atomic mass is 10.2. The average Bonchev–Trinajstić information content (AvgIpc) is 3.00. The second-order valence-corrected chi connectivity index (χ2v) is 5.73. The highest BCUT2D eigenvalue weighted by Crippen LogP contribution is 2.35. The molecular formula is C18H21ClN2O4. The molecule has 3 N–H and O–H groups in total. The molecule has 0 fully saturated rings. The second-order valence-electron chi connectivity index (χ2n) is 5.73. The molecular weight excluding hydrogens is 344 g/mol. The lowest BCUT2D eigenvalue weighted by Gasteiger charge is -2.10. The lowest BCUT2D eigenvalue weighted by molar-refractivity contribution is -0.116. The molecule has 0 bridgehead atoms. The summed E-state index contributed by atoms with van der Waals surface area (Å²) in [4.78, 5) is 11.8. The van der Waals surface area contributed by atoms with Crippen LogP contribution in [0.1, 0.15) is 18.9 Å². The van der Waals surface area contributed by atoms with E-state index in [4.69, 9.17) is 19.9 Å². The van der Waals surface area contributed by atoms with Gasteiger partial charge < -0.3 is 25.3 Å². The van der Waals surface area contributed by atoms with Crippen molar-refractivity contribution in [1.29, 1.82) is 0 Å². The number of rotatable bonds is 6. The SMILES string of the molecule is CC(N)CC(=O)Nc1cccc(COc2ccc3c(c2)OCO3)c1.Cl. The maximum atomic E-state index is 11.8. The summed E-state index contributed by atoms with van der Waals surface area (Å²) < 4.78 is 16.4. The molecule has 1 aliphatic heterocycles. The van der Waals surface area contributed by atoms with Crippen LogP contribution in [0.5, 0.6) is 17.2 Å². The second kappa shape index (κ2) is 8.60. The minimum atomic E-state index is -0.164. The van der Waals surface area contributed by atoms with Gasteiger partial charge in [0, 0.05) is 24.2 Å². The van der Waals surface area contributed by atoms with Gasteiger partial charge in [-0.25, -0.2) is 0 Å². The standard InChI is InChI=1S/C18H20N2O4.ClH/c1-12(19)7-18(21)20-14-4-2-3-13(8-14)10-22-15-5-6-16-17(9-15)24-11-23-16;/h2-6,8-9,12H,7,10-11,19H2,1H3,(H,20,21);1H. The van der Waals surface area contributed by atoms with E-state index in [0.29, 0.717) is 18.1 Å². The van der Waals surface area contributed by atoms with E-state index in [2.05, 4.69) is 5.32 Å². The highest BCUT2D eigenvalue weighted by atomic mass is 35.5. The van der Waals surface area contributed by atoms with Crippen molar-refractivity contribution in [3.8, 4) is 17.2 Å². The van der Waals surface area contributed by atoms with E-state index in [0.717, 1.165) is 17.0 Å². The molecule has 1 heterocycles. The number of carbonyl (C=O) groups is 1. The van der Waals surface area contributed by atoms with Crippen molar-refractivity contribution < 1.29 is 19.0 Å². The van der Waals surface area contributed by atoms with E-state index < -0.39 is 0 Å². The van der Waals surface area contributed by atoms with Crippen LogP contribution in [0.3, 0.4) is 0 Å². The third-order valence-corrected chi connectivity index (χ3v) is 3.47. The largest absolute Gasteiger partial charge is 0.489 e. The molecule has 2 aromatic rings. The summed E-state index contributed by atoms with van der Waals surface area (Å²) in [5.74, 6) is 2.01. The molecule has 0 saturated carbocycles. The van der Waals surface area contributed by atoms with Crippen molar-refractivity contribution >= 4 is 24.0 Å². The van der Waals surface area contributed by atoms with Gasteiger partial charge in [-0.2, -0.15) is 0 Å². The van der Waals surface area contributed by atoms with Crippen LogP contribution in [0, 0.1) is 0 Å². The average molecular weight is 365 g/mol. The molecule has 0 radical (unpaired) electrons. The quantitative estimate of drug-likeness (QED) is 0.823. The van der Waals surface area contributed by atoms with Gasteiger partial charge in [0.2, 0.25) is 12.7 Å². The topological polar surface area (TPSA) is 82.8 Å². The Morgan fingerprint density at radius 1 is 1.24 bits per heavy atom. The third-order valence-electron chi connectivity index (χ3n) is 3.47.